The summed E-state index contributed by atoms with van der Waals surface area (Å²) in [5.74, 6) is 1.05. The summed E-state index contributed by atoms with van der Waals surface area (Å²) in [6, 6.07) is 4.27. The molecule has 24 heavy (non-hydrogen) atoms. The van der Waals surface area contributed by atoms with E-state index in [4.69, 9.17) is 0 Å². The van der Waals surface area contributed by atoms with E-state index in [1.165, 1.54) is 69.8 Å². The molecule has 1 saturated carbocycles. The van der Waals surface area contributed by atoms with Crippen LogP contribution in [0, 0.1) is 26.7 Å². The molecule has 1 aliphatic carbocycles. The molecule has 2 heteroatoms. The second kappa shape index (κ2) is 10.3. The van der Waals surface area contributed by atoms with E-state index in [-0.39, 0.29) is 0 Å². The zero-order valence-electron chi connectivity index (χ0n) is 15.9. The smallest absolute Gasteiger partial charge is 0.181 e. The van der Waals surface area contributed by atoms with Crippen LogP contribution in [0.5, 0.6) is 0 Å². The van der Waals surface area contributed by atoms with Gasteiger partial charge in [0, 0.05) is 5.56 Å². The minimum Gasteiger partial charge on any atom is -0.289 e. The quantitative estimate of drug-likeness (QED) is 0.330. The average Bonchev–Trinajstić information content (AvgIpc) is 3.02. The van der Waals surface area contributed by atoms with Crippen molar-refractivity contribution < 1.29 is 4.79 Å². The second-order valence-corrected chi connectivity index (χ2v) is 9.04. The number of hydrogen-bond donors (Lipinski definition) is 0. The number of aryl methyl sites for hydroxylation is 3. The van der Waals surface area contributed by atoms with E-state index >= 15 is 0 Å². The monoisotopic (exact) mass is 346 g/mol. The van der Waals surface area contributed by atoms with Crippen molar-refractivity contribution in [3.05, 3.63) is 34.4 Å². The second-order valence-electron chi connectivity index (χ2n) is 7.74. The Bertz CT molecular complexity index is 506. The molecule has 2 rings (SSSR count). The molecule has 134 valence electrons. The van der Waals surface area contributed by atoms with E-state index in [1.54, 1.807) is 0 Å². The zero-order chi connectivity index (χ0) is 17.4. The molecule has 1 nitrogen and oxygen atoms in total. The van der Waals surface area contributed by atoms with Crippen molar-refractivity contribution in [1.29, 1.82) is 0 Å². The van der Waals surface area contributed by atoms with Gasteiger partial charge in [-0.1, -0.05) is 75.5 Å². The highest BCUT2D eigenvalue weighted by atomic mass is 31.1. The highest BCUT2D eigenvalue weighted by Gasteiger charge is 2.14. The predicted octanol–water partition coefficient (Wildman–Crippen LogP) is 6.96. The van der Waals surface area contributed by atoms with Gasteiger partial charge in [0.05, 0.1) is 0 Å². The van der Waals surface area contributed by atoms with Gasteiger partial charge in [-0.05, 0) is 59.0 Å². The summed E-state index contributed by atoms with van der Waals surface area (Å²) in [5, 5.41) is 0. The Labute approximate surface area is 150 Å². The molecular formula is C22H35OP. The summed E-state index contributed by atoms with van der Waals surface area (Å²) in [6.07, 6.45) is 15.2. The third kappa shape index (κ3) is 6.32. The molecule has 1 fully saturated rings. The van der Waals surface area contributed by atoms with Crippen LogP contribution in [0.3, 0.4) is 0 Å². The maximum absolute atomic E-state index is 12.5. The first kappa shape index (κ1) is 19.6. The van der Waals surface area contributed by atoms with Crippen LogP contribution in [-0.4, -0.2) is 11.7 Å². The van der Waals surface area contributed by atoms with Gasteiger partial charge in [0.2, 0.25) is 0 Å². The number of hydrogen-bond acceptors (Lipinski definition) is 1. The SMILES string of the molecule is Cc1cc(C)c(C(=O)PCCCCCCCC2CCCC2)c(C)c1. The maximum Gasteiger partial charge on any atom is 0.181 e. The first-order chi connectivity index (χ1) is 11.6. The van der Waals surface area contributed by atoms with Crippen molar-refractivity contribution >= 4 is 14.1 Å². The van der Waals surface area contributed by atoms with Crippen LogP contribution in [0.15, 0.2) is 12.1 Å². The van der Waals surface area contributed by atoms with E-state index in [2.05, 4.69) is 32.9 Å². The van der Waals surface area contributed by atoms with E-state index in [0.29, 0.717) is 14.1 Å². The van der Waals surface area contributed by atoms with Crippen LogP contribution in [0.1, 0.15) is 91.3 Å². The molecule has 1 unspecified atom stereocenters. The van der Waals surface area contributed by atoms with Gasteiger partial charge < -0.3 is 0 Å². The van der Waals surface area contributed by atoms with Gasteiger partial charge in [0.1, 0.15) is 0 Å². The van der Waals surface area contributed by atoms with Crippen LogP contribution in [0.4, 0.5) is 0 Å². The molecule has 0 saturated heterocycles. The first-order valence-corrected chi connectivity index (χ1v) is 11.1. The van der Waals surface area contributed by atoms with Crippen molar-refractivity contribution in [2.75, 3.05) is 6.16 Å². The van der Waals surface area contributed by atoms with Gasteiger partial charge in [-0.15, -0.1) is 0 Å². The Morgan fingerprint density at radius 2 is 1.54 bits per heavy atom. The van der Waals surface area contributed by atoms with Gasteiger partial charge in [-0.3, -0.25) is 4.79 Å². The van der Waals surface area contributed by atoms with E-state index in [1.807, 2.05) is 0 Å². The van der Waals surface area contributed by atoms with Crippen molar-refractivity contribution in [1.82, 2.24) is 0 Å². The Morgan fingerprint density at radius 3 is 2.21 bits per heavy atom. The van der Waals surface area contributed by atoms with Crippen LogP contribution < -0.4 is 0 Å². The molecule has 1 aromatic carbocycles. The molecule has 0 bridgehead atoms. The minimum absolute atomic E-state index is 0.367. The largest absolute Gasteiger partial charge is 0.289 e. The fraction of sp³-hybridized carbons (Fsp3) is 0.682. The van der Waals surface area contributed by atoms with Crippen molar-refractivity contribution in [3.63, 3.8) is 0 Å². The van der Waals surface area contributed by atoms with Crippen LogP contribution in [0.2, 0.25) is 0 Å². The average molecular weight is 346 g/mol. The molecule has 0 heterocycles. The highest BCUT2D eigenvalue weighted by molar-refractivity contribution is 7.58. The Hall–Kier alpha value is -0.680. The summed E-state index contributed by atoms with van der Waals surface area (Å²) >= 11 is 0. The molecule has 0 spiro atoms. The van der Waals surface area contributed by atoms with Crippen LogP contribution in [-0.2, 0) is 0 Å². The summed E-state index contributed by atoms with van der Waals surface area (Å²) in [5.41, 5.74) is 4.90. The third-order valence-electron chi connectivity index (χ3n) is 5.45. The van der Waals surface area contributed by atoms with Gasteiger partial charge in [0.15, 0.2) is 5.52 Å². The minimum atomic E-state index is 0.367. The lowest BCUT2D eigenvalue weighted by molar-refractivity contribution is 0.108. The number of carbonyl (C=O) groups is 1. The van der Waals surface area contributed by atoms with Crippen molar-refractivity contribution in [2.24, 2.45) is 5.92 Å². The Morgan fingerprint density at radius 1 is 0.958 bits per heavy atom. The lowest BCUT2D eigenvalue weighted by atomic mass is 9.99. The summed E-state index contributed by atoms with van der Waals surface area (Å²) in [7, 11) is 0.450. The summed E-state index contributed by atoms with van der Waals surface area (Å²) < 4.78 is 0. The Balaban J connectivity index is 1.56. The van der Waals surface area contributed by atoms with Gasteiger partial charge >= 0.3 is 0 Å². The van der Waals surface area contributed by atoms with E-state index in [9.17, 15) is 4.79 Å². The maximum atomic E-state index is 12.5. The number of rotatable bonds is 10. The lowest BCUT2D eigenvalue weighted by Crippen LogP contribution is -2.01. The number of benzene rings is 1. The molecule has 0 amide bonds. The predicted molar refractivity (Wildman–Crippen MR) is 108 cm³/mol. The highest BCUT2D eigenvalue weighted by Crippen LogP contribution is 2.29. The molecular weight excluding hydrogens is 311 g/mol. The third-order valence-corrected chi connectivity index (χ3v) is 6.63. The zero-order valence-corrected chi connectivity index (χ0v) is 16.9. The normalized spacial score (nSPS) is 15.6. The number of unbranched alkanes of at least 4 members (excludes halogenated alkanes) is 4. The van der Waals surface area contributed by atoms with Crippen molar-refractivity contribution in [3.8, 4) is 0 Å². The standard InChI is InChI=1S/C22H35OP/c1-17-15-18(2)21(19(3)16-17)22(23)24-14-10-6-4-5-7-11-20-12-8-9-13-20/h15-16,20,24H,4-14H2,1-3H3. The van der Waals surface area contributed by atoms with Crippen LogP contribution >= 0.6 is 8.58 Å². The fourth-order valence-electron chi connectivity index (χ4n) is 4.22. The molecule has 0 aliphatic heterocycles. The molecule has 1 aliphatic rings. The molecule has 1 aromatic rings. The van der Waals surface area contributed by atoms with Gasteiger partial charge in [-0.2, -0.15) is 0 Å². The number of carbonyl (C=O) groups excluding carboxylic acids is 1. The lowest BCUT2D eigenvalue weighted by Gasteiger charge is -2.10. The first-order valence-electron chi connectivity index (χ1n) is 9.94. The fourth-order valence-corrected chi connectivity index (χ4v) is 5.44. The summed E-state index contributed by atoms with van der Waals surface area (Å²) in [6.45, 7) is 6.24. The van der Waals surface area contributed by atoms with E-state index < -0.39 is 0 Å². The van der Waals surface area contributed by atoms with Crippen LogP contribution in [0.25, 0.3) is 0 Å². The Kier molecular flexibility index (Phi) is 8.46. The molecule has 0 aromatic heterocycles. The van der Waals surface area contributed by atoms with E-state index in [0.717, 1.165) is 28.8 Å². The molecule has 0 N–H and O–H groups in total. The molecule has 1 atom stereocenters. The van der Waals surface area contributed by atoms with Gasteiger partial charge in [-0.25, -0.2) is 0 Å². The molecule has 0 radical (unpaired) electrons. The van der Waals surface area contributed by atoms with Gasteiger partial charge in [0.25, 0.3) is 0 Å². The van der Waals surface area contributed by atoms with Crippen molar-refractivity contribution in [2.45, 2.75) is 85.0 Å². The summed E-state index contributed by atoms with van der Waals surface area (Å²) in [4.78, 5) is 12.5. The topological polar surface area (TPSA) is 17.1 Å².